The van der Waals surface area contributed by atoms with Crippen molar-refractivity contribution in [3.8, 4) is 0 Å². The molecule has 2 rings (SSSR count). The number of benzene rings is 2. The zero-order valence-corrected chi connectivity index (χ0v) is 17.7. The molecule has 28 heavy (non-hydrogen) atoms. The minimum atomic E-state index is -5.79. The number of alkyl halides is 3. The molecule has 0 saturated carbocycles. The van der Waals surface area contributed by atoms with Crippen LogP contribution in [0.2, 0.25) is 11.1 Å². The van der Waals surface area contributed by atoms with Crippen molar-refractivity contribution in [2.75, 3.05) is 6.61 Å². The average Bonchev–Trinajstić information content (AvgIpc) is 2.61. The molecule has 0 aliphatic heterocycles. The summed E-state index contributed by atoms with van der Waals surface area (Å²) in [4.78, 5) is 4.55. The maximum Gasteiger partial charge on any atom is 0.525 e. The fraction of sp³-hybridized carbons (Fsp3) is 0.368. The Morgan fingerprint density at radius 1 is 0.857 bits per heavy atom. The second-order valence-electron chi connectivity index (χ2n) is 7.43. The second-order valence-corrected chi connectivity index (χ2v) is 13.9. The van der Waals surface area contributed by atoms with E-state index in [0.29, 0.717) is 6.04 Å². The van der Waals surface area contributed by atoms with Gasteiger partial charge in [0.2, 0.25) is 0 Å². The maximum atomic E-state index is 12.4. The first-order valence-electron chi connectivity index (χ1n) is 8.65. The average molecular weight is 433 g/mol. The number of hydrogen-bond acceptors (Lipinski definition) is 4. The molecule has 0 bridgehead atoms. The molecular weight excluding hydrogens is 409 g/mol. The SMILES string of the molecule is CC(C)(C)[Si](CCOOS(=O)(=O)C(F)(F)F)(c1ccccc1)c1ccccc1. The van der Waals surface area contributed by atoms with Crippen LogP contribution in [0.25, 0.3) is 0 Å². The van der Waals surface area contributed by atoms with Gasteiger partial charge >= 0.3 is 15.6 Å². The molecule has 0 atom stereocenters. The lowest BCUT2D eigenvalue weighted by molar-refractivity contribution is -0.210. The molecule has 154 valence electrons. The monoisotopic (exact) mass is 432 g/mol. The number of halogens is 3. The van der Waals surface area contributed by atoms with E-state index in [1.54, 1.807) is 0 Å². The Bertz CT molecular complexity index is 824. The summed E-state index contributed by atoms with van der Waals surface area (Å²) in [5, 5.41) is 1.93. The molecule has 0 heterocycles. The van der Waals surface area contributed by atoms with Gasteiger partial charge in [-0.25, -0.2) is 4.89 Å². The van der Waals surface area contributed by atoms with Gasteiger partial charge in [-0.05, 0) is 11.1 Å². The van der Waals surface area contributed by atoms with Crippen LogP contribution in [0.3, 0.4) is 0 Å². The Morgan fingerprint density at radius 2 is 1.29 bits per heavy atom. The molecule has 0 aliphatic rings. The highest BCUT2D eigenvalue weighted by molar-refractivity contribution is 7.87. The summed E-state index contributed by atoms with van der Waals surface area (Å²) in [6.07, 6.45) is 0. The van der Waals surface area contributed by atoms with Crippen LogP contribution in [0.15, 0.2) is 60.7 Å². The van der Waals surface area contributed by atoms with Gasteiger partial charge in [0.1, 0.15) is 8.07 Å². The molecule has 0 amide bonds. The van der Waals surface area contributed by atoms with Gasteiger partial charge in [0.05, 0.1) is 6.61 Å². The van der Waals surface area contributed by atoms with Crippen LogP contribution in [0.1, 0.15) is 20.8 Å². The molecule has 0 unspecified atom stereocenters. The van der Waals surface area contributed by atoms with Crippen molar-refractivity contribution in [3.05, 3.63) is 60.7 Å². The topological polar surface area (TPSA) is 52.6 Å². The van der Waals surface area contributed by atoms with Crippen LogP contribution < -0.4 is 10.4 Å². The smallest absolute Gasteiger partial charge is 0.220 e. The van der Waals surface area contributed by atoms with E-state index in [9.17, 15) is 21.6 Å². The third kappa shape index (κ3) is 4.65. The molecule has 0 aromatic heterocycles. The van der Waals surface area contributed by atoms with Crippen molar-refractivity contribution in [2.24, 2.45) is 0 Å². The highest BCUT2D eigenvalue weighted by Gasteiger charge is 2.50. The standard InChI is InChI=1S/C19H23F3O4SSi/c1-18(2,3)28(16-10-6-4-7-11-16,17-12-8-5-9-13-17)15-14-25-26-27(23,24)19(20,21)22/h4-13H,14-15H2,1-3H3. The maximum absolute atomic E-state index is 12.4. The first kappa shape index (κ1) is 22.6. The predicted molar refractivity (Wildman–Crippen MR) is 104 cm³/mol. The Labute approximate surface area is 164 Å². The first-order valence-corrected chi connectivity index (χ1v) is 12.3. The van der Waals surface area contributed by atoms with Gasteiger partial charge in [-0.1, -0.05) is 96.1 Å². The molecule has 0 N–H and O–H groups in total. The second kappa shape index (κ2) is 8.36. The highest BCUT2D eigenvalue weighted by Crippen LogP contribution is 2.38. The number of rotatable bonds is 7. The van der Waals surface area contributed by atoms with Gasteiger partial charge in [-0.2, -0.15) is 21.6 Å². The van der Waals surface area contributed by atoms with Crippen molar-refractivity contribution in [1.82, 2.24) is 0 Å². The summed E-state index contributed by atoms with van der Waals surface area (Å²) >= 11 is 0. The van der Waals surface area contributed by atoms with E-state index in [2.05, 4.69) is 30.0 Å². The van der Waals surface area contributed by atoms with E-state index in [-0.39, 0.29) is 11.6 Å². The van der Waals surface area contributed by atoms with Crippen LogP contribution in [0, 0.1) is 0 Å². The zero-order valence-electron chi connectivity index (χ0n) is 15.9. The summed E-state index contributed by atoms with van der Waals surface area (Å²) in [7, 11) is -8.36. The molecule has 0 radical (unpaired) electrons. The van der Waals surface area contributed by atoms with E-state index in [0.717, 1.165) is 10.4 Å². The lowest BCUT2D eigenvalue weighted by Gasteiger charge is -2.44. The molecule has 4 nitrogen and oxygen atoms in total. The van der Waals surface area contributed by atoms with E-state index in [4.69, 9.17) is 0 Å². The number of hydrogen-bond donors (Lipinski definition) is 0. The molecule has 9 heteroatoms. The fourth-order valence-corrected chi connectivity index (χ4v) is 9.05. The van der Waals surface area contributed by atoms with Gasteiger partial charge in [0, 0.05) is 0 Å². The highest BCUT2D eigenvalue weighted by atomic mass is 32.2. The Balaban J connectivity index is 2.37. The van der Waals surface area contributed by atoms with E-state index in [1.807, 2.05) is 60.7 Å². The van der Waals surface area contributed by atoms with E-state index in [1.165, 1.54) is 0 Å². The molecule has 0 saturated heterocycles. The zero-order chi connectivity index (χ0) is 21.1. The van der Waals surface area contributed by atoms with Crippen molar-refractivity contribution in [3.63, 3.8) is 0 Å². The molecule has 2 aromatic carbocycles. The van der Waals surface area contributed by atoms with Gasteiger partial charge in [0.15, 0.2) is 0 Å². The Morgan fingerprint density at radius 3 is 1.64 bits per heavy atom. The van der Waals surface area contributed by atoms with Crippen LogP contribution in [-0.2, 0) is 19.3 Å². The van der Waals surface area contributed by atoms with Gasteiger partial charge in [-0.3, -0.25) is 0 Å². The van der Waals surface area contributed by atoms with Crippen LogP contribution in [-0.4, -0.2) is 28.6 Å². The predicted octanol–water partition coefficient (Wildman–Crippen LogP) is 3.85. The third-order valence-electron chi connectivity index (χ3n) is 4.80. The Hall–Kier alpha value is -1.68. The summed E-state index contributed by atoms with van der Waals surface area (Å²) < 4.78 is 63.1. The lowest BCUT2D eigenvalue weighted by atomic mass is 10.2. The normalized spacial score (nSPS) is 13.5. The third-order valence-corrected chi connectivity index (χ3v) is 11.8. The van der Waals surface area contributed by atoms with E-state index < -0.39 is 23.7 Å². The van der Waals surface area contributed by atoms with Crippen LogP contribution >= 0.6 is 0 Å². The molecule has 0 spiro atoms. The quantitative estimate of drug-likeness (QED) is 0.219. The van der Waals surface area contributed by atoms with Crippen molar-refractivity contribution < 1.29 is 30.8 Å². The van der Waals surface area contributed by atoms with E-state index >= 15 is 0 Å². The minimum Gasteiger partial charge on any atom is -0.220 e. The summed E-state index contributed by atoms with van der Waals surface area (Å²) in [6.45, 7) is 5.94. The molecule has 2 aromatic rings. The van der Waals surface area contributed by atoms with Crippen molar-refractivity contribution >= 4 is 28.6 Å². The fourth-order valence-electron chi connectivity index (χ4n) is 3.47. The largest absolute Gasteiger partial charge is 0.525 e. The van der Waals surface area contributed by atoms with Crippen molar-refractivity contribution in [1.29, 1.82) is 0 Å². The summed E-state index contributed by atoms with van der Waals surface area (Å²) in [5.74, 6) is 0. The molecular formula is C19H23F3O4SSi. The van der Waals surface area contributed by atoms with Crippen molar-refractivity contribution in [2.45, 2.75) is 37.4 Å². The van der Waals surface area contributed by atoms with Crippen LogP contribution in [0.5, 0.6) is 0 Å². The lowest BCUT2D eigenvalue weighted by Crippen LogP contribution is -2.64. The van der Waals surface area contributed by atoms with Gasteiger partial charge in [-0.15, -0.1) is 0 Å². The van der Waals surface area contributed by atoms with Crippen LogP contribution in [0.4, 0.5) is 13.2 Å². The molecule has 0 fully saturated rings. The van der Waals surface area contributed by atoms with Gasteiger partial charge < -0.3 is 0 Å². The minimum absolute atomic E-state index is 0.234. The van der Waals surface area contributed by atoms with Gasteiger partial charge in [0.25, 0.3) is 0 Å². The first-order chi connectivity index (χ1) is 12.9. The Kier molecular flexibility index (Phi) is 6.75. The summed E-state index contributed by atoms with van der Waals surface area (Å²) in [5.41, 5.74) is -5.52. The molecule has 0 aliphatic carbocycles. The summed E-state index contributed by atoms with van der Waals surface area (Å²) in [6, 6.07) is 19.8.